The summed E-state index contributed by atoms with van der Waals surface area (Å²) < 4.78 is 5.48. The Kier molecular flexibility index (Phi) is 2.01. The Morgan fingerprint density at radius 2 is 2.13 bits per heavy atom. The molecule has 0 unspecified atom stereocenters. The largest absolute Gasteiger partial charge is 0.381 e. The molecule has 0 bridgehead atoms. The van der Waals surface area contributed by atoms with E-state index in [4.69, 9.17) is 4.74 Å². The van der Waals surface area contributed by atoms with Gasteiger partial charge in [-0.15, -0.1) is 0 Å². The lowest BCUT2D eigenvalue weighted by Crippen LogP contribution is -2.27. The van der Waals surface area contributed by atoms with Crippen LogP contribution in [0.5, 0.6) is 0 Å². The maximum absolute atomic E-state index is 11.8. The van der Waals surface area contributed by atoms with Crippen LogP contribution in [0.15, 0.2) is 0 Å². The molecule has 0 radical (unpaired) electrons. The van der Waals surface area contributed by atoms with Crippen LogP contribution >= 0.6 is 0 Å². The maximum atomic E-state index is 11.8. The highest BCUT2D eigenvalue weighted by Gasteiger charge is 2.59. The number of methoxy groups -OCH3 is 1. The number of fused-ring (bicyclic) bond motifs is 3. The minimum Gasteiger partial charge on any atom is -0.381 e. The van der Waals surface area contributed by atoms with E-state index >= 15 is 0 Å². The van der Waals surface area contributed by atoms with Gasteiger partial charge in [0, 0.05) is 19.4 Å². The molecule has 0 spiro atoms. The summed E-state index contributed by atoms with van der Waals surface area (Å²) in [6.07, 6.45) is 5.98. The van der Waals surface area contributed by atoms with Crippen LogP contribution in [0.25, 0.3) is 0 Å². The summed E-state index contributed by atoms with van der Waals surface area (Å²) in [6.45, 7) is 2.35. The van der Waals surface area contributed by atoms with Crippen molar-refractivity contribution in [2.24, 2.45) is 23.2 Å². The quantitative estimate of drug-likeness (QED) is 0.661. The Bertz CT molecular complexity index is 299. The molecule has 0 saturated heterocycles. The Morgan fingerprint density at radius 1 is 1.33 bits per heavy atom. The van der Waals surface area contributed by atoms with Crippen LogP contribution in [-0.2, 0) is 9.53 Å². The van der Waals surface area contributed by atoms with Crippen molar-refractivity contribution >= 4 is 5.78 Å². The average molecular weight is 208 g/mol. The molecule has 5 atom stereocenters. The van der Waals surface area contributed by atoms with E-state index in [1.54, 1.807) is 0 Å². The van der Waals surface area contributed by atoms with Crippen molar-refractivity contribution in [3.8, 4) is 0 Å². The van der Waals surface area contributed by atoms with Gasteiger partial charge in [0.2, 0.25) is 0 Å². The van der Waals surface area contributed by atoms with E-state index < -0.39 is 0 Å². The highest BCUT2D eigenvalue weighted by atomic mass is 16.5. The third-order valence-electron chi connectivity index (χ3n) is 5.47. The molecular formula is C13H20O2. The van der Waals surface area contributed by atoms with Crippen LogP contribution in [0, 0.1) is 23.2 Å². The predicted molar refractivity (Wildman–Crippen MR) is 57.5 cm³/mol. The molecule has 0 heterocycles. The number of ketones is 1. The summed E-state index contributed by atoms with van der Waals surface area (Å²) >= 11 is 0. The number of hydrogen-bond donors (Lipinski definition) is 0. The van der Waals surface area contributed by atoms with Crippen LogP contribution in [0.3, 0.4) is 0 Å². The van der Waals surface area contributed by atoms with E-state index in [9.17, 15) is 4.79 Å². The number of carbonyl (C=O) groups excluding carboxylic acids is 1. The lowest BCUT2D eigenvalue weighted by molar-refractivity contribution is -0.121. The fraction of sp³-hybridized carbons (Fsp3) is 0.923. The summed E-state index contributed by atoms with van der Waals surface area (Å²) in [4.78, 5) is 11.8. The van der Waals surface area contributed by atoms with E-state index in [2.05, 4.69) is 6.92 Å². The summed E-state index contributed by atoms with van der Waals surface area (Å²) in [6, 6.07) is 0. The van der Waals surface area contributed by atoms with Crippen LogP contribution in [0.4, 0.5) is 0 Å². The number of hydrogen-bond acceptors (Lipinski definition) is 2. The fourth-order valence-corrected chi connectivity index (χ4v) is 4.59. The first kappa shape index (κ1) is 9.83. The van der Waals surface area contributed by atoms with Crippen molar-refractivity contribution in [3.63, 3.8) is 0 Å². The first-order chi connectivity index (χ1) is 7.15. The zero-order valence-electron chi connectivity index (χ0n) is 9.66. The lowest BCUT2D eigenvalue weighted by atomic mass is 9.74. The fourth-order valence-electron chi connectivity index (χ4n) is 4.59. The summed E-state index contributed by atoms with van der Waals surface area (Å²) in [5.41, 5.74) is 0.328. The van der Waals surface area contributed by atoms with Gasteiger partial charge >= 0.3 is 0 Å². The van der Waals surface area contributed by atoms with Gasteiger partial charge in [0.25, 0.3) is 0 Å². The standard InChI is InChI=1S/C13H20O2/c1-13-4-3-12(14)11(13)6-8-5-9(15-2)7-10(8)13/h8-11H,3-7H2,1-2H3/t8-,9-,10-,11+,13+/m1/s1. The second-order valence-corrected chi connectivity index (χ2v) is 5.96. The molecular weight excluding hydrogens is 188 g/mol. The van der Waals surface area contributed by atoms with Gasteiger partial charge in [-0.3, -0.25) is 4.79 Å². The zero-order chi connectivity index (χ0) is 10.6. The van der Waals surface area contributed by atoms with Crippen molar-refractivity contribution in [2.45, 2.75) is 45.1 Å². The maximum Gasteiger partial charge on any atom is 0.136 e. The first-order valence-electron chi connectivity index (χ1n) is 6.20. The molecule has 0 aromatic carbocycles. The van der Waals surface area contributed by atoms with Crippen molar-refractivity contribution in [3.05, 3.63) is 0 Å². The van der Waals surface area contributed by atoms with E-state index in [0.717, 1.165) is 31.1 Å². The summed E-state index contributed by atoms with van der Waals surface area (Å²) in [5.74, 6) is 2.47. The van der Waals surface area contributed by atoms with Crippen molar-refractivity contribution in [1.82, 2.24) is 0 Å². The number of Topliss-reactive ketones (excluding diaryl/α,β-unsaturated/α-hetero) is 1. The minimum absolute atomic E-state index is 0.328. The van der Waals surface area contributed by atoms with Gasteiger partial charge < -0.3 is 4.74 Å². The number of carbonyl (C=O) groups is 1. The van der Waals surface area contributed by atoms with Gasteiger partial charge in [-0.05, 0) is 42.9 Å². The first-order valence-corrected chi connectivity index (χ1v) is 6.20. The molecule has 3 saturated carbocycles. The molecule has 84 valence electrons. The number of rotatable bonds is 1. The van der Waals surface area contributed by atoms with E-state index in [1.165, 1.54) is 12.8 Å². The smallest absolute Gasteiger partial charge is 0.136 e. The molecule has 0 aliphatic heterocycles. The van der Waals surface area contributed by atoms with Crippen LogP contribution < -0.4 is 0 Å². The van der Waals surface area contributed by atoms with E-state index in [1.807, 2.05) is 7.11 Å². The SMILES string of the molecule is CO[C@@H]1C[C@@H]2C[C@H]3C(=O)CC[C@@]3(C)[C@@H]2C1. The Hall–Kier alpha value is -0.370. The summed E-state index contributed by atoms with van der Waals surface area (Å²) in [5, 5.41) is 0. The zero-order valence-corrected chi connectivity index (χ0v) is 9.66. The lowest BCUT2D eigenvalue weighted by Gasteiger charge is -2.30. The van der Waals surface area contributed by atoms with Gasteiger partial charge in [-0.25, -0.2) is 0 Å². The van der Waals surface area contributed by atoms with Gasteiger partial charge in [-0.2, -0.15) is 0 Å². The topological polar surface area (TPSA) is 26.3 Å². The van der Waals surface area contributed by atoms with Gasteiger partial charge in [0.15, 0.2) is 0 Å². The number of ether oxygens (including phenoxy) is 1. The third kappa shape index (κ3) is 1.17. The highest BCUT2D eigenvalue weighted by Crippen LogP contribution is 2.63. The van der Waals surface area contributed by atoms with Gasteiger partial charge in [0.05, 0.1) is 6.10 Å². The Labute approximate surface area is 91.4 Å². The molecule has 3 rings (SSSR count). The van der Waals surface area contributed by atoms with Crippen molar-refractivity contribution < 1.29 is 9.53 Å². The van der Waals surface area contributed by atoms with E-state index in [-0.39, 0.29) is 0 Å². The Morgan fingerprint density at radius 3 is 2.87 bits per heavy atom. The van der Waals surface area contributed by atoms with E-state index in [0.29, 0.717) is 23.2 Å². The van der Waals surface area contributed by atoms with Gasteiger partial charge in [0.1, 0.15) is 5.78 Å². The van der Waals surface area contributed by atoms with Crippen LogP contribution in [0.2, 0.25) is 0 Å². The normalized spacial score (nSPS) is 53.3. The summed E-state index contributed by atoms with van der Waals surface area (Å²) in [7, 11) is 1.82. The molecule has 15 heavy (non-hydrogen) atoms. The molecule has 0 N–H and O–H groups in total. The molecule has 3 aliphatic rings. The van der Waals surface area contributed by atoms with Crippen LogP contribution in [0.1, 0.15) is 39.0 Å². The van der Waals surface area contributed by atoms with Crippen LogP contribution in [-0.4, -0.2) is 19.0 Å². The van der Waals surface area contributed by atoms with Gasteiger partial charge in [-0.1, -0.05) is 6.92 Å². The molecule has 2 nitrogen and oxygen atoms in total. The minimum atomic E-state index is 0.328. The predicted octanol–water partition coefficient (Wildman–Crippen LogP) is 2.42. The molecule has 0 amide bonds. The molecule has 3 aliphatic carbocycles. The highest BCUT2D eigenvalue weighted by molar-refractivity contribution is 5.84. The second kappa shape index (κ2) is 3.07. The average Bonchev–Trinajstić information content (AvgIpc) is 2.81. The molecule has 0 aromatic rings. The second-order valence-electron chi connectivity index (χ2n) is 5.96. The molecule has 3 fully saturated rings. The van der Waals surface area contributed by atoms with Crippen molar-refractivity contribution in [1.29, 1.82) is 0 Å². The monoisotopic (exact) mass is 208 g/mol. The molecule has 2 heteroatoms. The third-order valence-corrected chi connectivity index (χ3v) is 5.47. The molecule has 0 aromatic heterocycles. The van der Waals surface area contributed by atoms with Crippen molar-refractivity contribution in [2.75, 3.05) is 7.11 Å². The Balaban J connectivity index is 1.86.